The highest BCUT2D eigenvalue weighted by Gasteiger charge is 2.31. The fraction of sp³-hybridized carbons (Fsp3) is 0.882. The third-order valence-electron chi connectivity index (χ3n) is 4.54. The zero-order valence-corrected chi connectivity index (χ0v) is 15.0. The summed E-state index contributed by atoms with van der Waals surface area (Å²) in [7, 11) is 4.10. The van der Waals surface area contributed by atoms with E-state index in [1.807, 2.05) is 19.0 Å². The minimum atomic E-state index is 0.0372. The van der Waals surface area contributed by atoms with Crippen LogP contribution in [0.4, 0.5) is 4.79 Å². The number of carbonyl (C=O) groups is 2. The molecular weight excluding hydrogens is 292 g/mol. The summed E-state index contributed by atoms with van der Waals surface area (Å²) in [5.41, 5.74) is 0.0595. The quantitative estimate of drug-likeness (QED) is 0.773. The van der Waals surface area contributed by atoms with Crippen LogP contribution in [-0.4, -0.2) is 68.1 Å². The molecule has 1 saturated heterocycles. The SMILES string of the molecule is CN(C)CC(C)(C)CNC(=O)C1CCN(C(=O)NC2CC2)CC1. The van der Waals surface area contributed by atoms with Crippen LogP contribution in [0.25, 0.3) is 0 Å². The van der Waals surface area contributed by atoms with E-state index in [1.165, 1.54) is 0 Å². The van der Waals surface area contributed by atoms with Crippen LogP contribution >= 0.6 is 0 Å². The van der Waals surface area contributed by atoms with Crippen molar-refractivity contribution in [3.8, 4) is 0 Å². The van der Waals surface area contributed by atoms with Crippen LogP contribution in [0, 0.1) is 11.3 Å². The molecule has 2 aliphatic rings. The molecule has 6 heteroatoms. The van der Waals surface area contributed by atoms with Crippen molar-refractivity contribution in [3.05, 3.63) is 0 Å². The Morgan fingerprint density at radius 3 is 2.26 bits per heavy atom. The van der Waals surface area contributed by atoms with Crippen molar-refractivity contribution in [2.75, 3.05) is 40.3 Å². The van der Waals surface area contributed by atoms with Crippen LogP contribution in [0.5, 0.6) is 0 Å². The van der Waals surface area contributed by atoms with E-state index in [0.717, 1.165) is 32.2 Å². The lowest BCUT2D eigenvalue weighted by Crippen LogP contribution is -2.48. The van der Waals surface area contributed by atoms with Crippen molar-refractivity contribution >= 4 is 11.9 Å². The number of nitrogens with zero attached hydrogens (tertiary/aromatic N) is 2. The maximum absolute atomic E-state index is 12.4. The van der Waals surface area contributed by atoms with Crippen molar-refractivity contribution in [1.82, 2.24) is 20.4 Å². The topological polar surface area (TPSA) is 64.7 Å². The van der Waals surface area contributed by atoms with Gasteiger partial charge in [0.25, 0.3) is 0 Å². The number of hydrogen-bond donors (Lipinski definition) is 2. The van der Waals surface area contributed by atoms with Crippen LogP contribution in [0.3, 0.4) is 0 Å². The Labute approximate surface area is 140 Å². The molecule has 0 atom stereocenters. The van der Waals surface area contributed by atoms with Gasteiger partial charge in [0.1, 0.15) is 0 Å². The molecule has 1 saturated carbocycles. The van der Waals surface area contributed by atoms with Gasteiger partial charge in [0.15, 0.2) is 0 Å². The molecule has 1 aliphatic heterocycles. The summed E-state index contributed by atoms with van der Waals surface area (Å²) in [4.78, 5) is 28.3. The largest absolute Gasteiger partial charge is 0.355 e. The maximum Gasteiger partial charge on any atom is 0.317 e. The van der Waals surface area contributed by atoms with Crippen LogP contribution in [-0.2, 0) is 4.79 Å². The predicted octanol–water partition coefficient (Wildman–Crippen LogP) is 1.27. The Kier molecular flexibility index (Phi) is 5.89. The van der Waals surface area contributed by atoms with Gasteiger partial charge in [0, 0.05) is 38.1 Å². The van der Waals surface area contributed by atoms with E-state index < -0.39 is 0 Å². The van der Waals surface area contributed by atoms with E-state index in [0.29, 0.717) is 25.7 Å². The van der Waals surface area contributed by atoms with Gasteiger partial charge in [-0.1, -0.05) is 13.8 Å². The molecule has 23 heavy (non-hydrogen) atoms. The molecule has 0 aromatic carbocycles. The lowest BCUT2D eigenvalue weighted by molar-refractivity contribution is -0.126. The molecule has 0 radical (unpaired) electrons. The standard InChI is InChI=1S/C17H32N4O2/c1-17(2,12-20(3)4)11-18-15(22)13-7-9-21(10-8-13)16(23)19-14-5-6-14/h13-14H,5-12H2,1-4H3,(H,18,22)(H,19,23). The minimum Gasteiger partial charge on any atom is -0.355 e. The summed E-state index contributed by atoms with van der Waals surface area (Å²) in [5.74, 6) is 0.175. The highest BCUT2D eigenvalue weighted by Crippen LogP contribution is 2.22. The van der Waals surface area contributed by atoms with E-state index in [1.54, 1.807) is 0 Å². The van der Waals surface area contributed by atoms with E-state index in [9.17, 15) is 9.59 Å². The second kappa shape index (κ2) is 7.51. The summed E-state index contributed by atoms with van der Waals surface area (Å²) in [6.07, 6.45) is 3.73. The first-order chi connectivity index (χ1) is 10.8. The molecule has 6 nitrogen and oxygen atoms in total. The van der Waals surface area contributed by atoms with Crippen molar-refractivity contribution in [3.63, 3.8) is 0 Å². The van der Waals surface area contributed by atoms with Crippen molar-refractivity contribution in [2.24, 2.45) is 11.3 Å². The molecule has 1 aliphatic carbocycles. The third-order valence-corrected chi connectivity index (χ3v) is 4.54. The second-order valence-corrected chi connectivity index (χ2v) is 8.10. The Morgan fingerprint density at radius 1 is 1.13 bits per heavy atom. The lowest BCUT2D eigenvalue weighted by Gasteiger charge is -2.33. The minimum absolute atomic E-state index is 0.0372. The number of likely N-dealkylation sites (tertiary alicyclic amines) is 1. The number of amides is 3. The fourth-order valence-electron chi connectivity index (χ4n) is 3.22. The lowest BCUT2D eigenvalue weighted by atomic mass is 9.91. The molecule has 0 bridgehead atoms. The summed E-state index contributed by atoms with van der Waals surface area (Å²) in [6.45, 7) is 7.31. The fourth-order valence-corrected chi connectivity index (χ4v) is 3.22. The van der Waals surface area contributed by atoms with Gasteiger partial charge in [-0.2, -0.15) is 0 Å². The first kappa shape index (κ1) is 18.0. The van der Waals surface area contributed by atoms with Crippen LogP contribution in [0.2, 0.25) is 0 Å². The van der Waals surface area contributed by atoms with Gasteiger partial charge in [-0.15, -0.1) is 0 Å². The van der Waals surface area contributed by atoms with Crippen LogP contribution in [0.1, 0.15) is 39.5 Å². The Hall–Kier alpha value is -1.30. The number of hydrogen-bond acceptors (Lipinski definition) is 3. The molecule has 0 aromatic rings. The normalized spacial score (nSPS) is 19.8. The van der Waals surface area contributed by atoms with E-state index in [2.05, 4.69) is 29.4 Å². The van der Waals surface area contributed by atoms with Gasteiger partial charge in [0.2, 0.25) is 5.91 Å². The average Bonchev–Trinajstić information content (AvgIpc) is 3.27. The highest BCUT2D eigenvalue weighted by atomic mass is 16.2. The van der Waals surface area contributed by atoms with Gasteiger partial charge in [-0.05, 0) is 45.2 Å². The van der Waals surface area contributed by atoms with E-state index in [-0.39, 0.29) is 23.3 Å². The maximum atomic E-state index is 12.4. The second-order valence-electron chi connectivity index (χ2n) is 8.10. The summed E-state index contributed by atoms with van der Waals surface area (Å²) >= 11 is 0. The van der Waals surface area contributed by atoms with E-state index >= 15 is 0 Å². The predicted molar refractivity (Wildman–Crippen MR) is 91.2 cm³/mol. The zero-order valence-electron chi connectivity index (χ0n) is 15.0. The van der Waals surface area contributed by atoms with Crippen LogP contribution in [0.15, 0.2) is 0 Å². The molecular formula is C17H32N4O2. The number of carbonyl (C=O) groups excluding carboxylic acids is 2. The molecule has 3 amide bonds. The summed E-state index contributed by atoms with van der Waals surface area (Å²) in [6, 6.07) is 0.431. The van der Waals surface area contributed by atoms with Gasteiger partial charge in [-0.3, -0.25) is 4.79 Å². The summed E-state index contributed by atoms with van der Waals surface area (Å²) < 4.78 is 0. The van der Waals surface area contributed by atoms with Crippen molar-refractivity contribution < 1.29 is 9.59 Å². The number of rotatable bonds is 6. The zero-order chi connectivity index (χ0) is 17.0. The molecule has 0 aromatic heterocycles. The highest BCUT2D eigenvalue weighted by molar-refractivity contribution is 5.79. The average molecular weight is 324 g/mol. The molecule has 132 valence electrons. The number of nitrogens with one attached hydrogen (secondary N) is 2. The van der Waals surface area contributed by atoms with Gasteiger partial charge < -0.3 is 20.4 Å². The first-order valence-corrected chi connectivity index (χ1v) is 8.75. The molecule has 2 rings (SSSR count). The monoisotopic (exact) mass is 324 g/mol. The van der Waals surface area contributed by atoms with Crippen LogP contribution < -0.4 is 10.6 Å². The molecule has 2 fully saturated rings. The molecule has 0 spiro atoms. The third kappa shape index (κ3) is 6.01. The Morgan fingerprint density at radius 2 is 1.74 bits per heavy atom. The van der Waals surface area contributed by atoms with Gasteiger partial charge in [-0.25, -0.2) is 4.79 Å². The Bertz CT molecular complexity index is 424. The van der Waals surface area contributed by atoms with Crippen molar-refractivity contribution in [2.45, 2.75) is 45.6 Å². The molecule has 0 unspecified atom stereocenters. The molecule has 1 heterocycles. The van der Waals surface area contributed by atoms with Gasteiger partial charge in [0.05, 0.1) is 0 Å². The number of urea groups is 1. The smallest absolute Gasteiger partial charge is 0.317 e. The molecule has 2 N–H and O–H groups in total. The van der Waals surface area contributed by atoms with Crippen molar-refractivity contribution in [1.29, 1.82) is 0 Å². The first-order valence-electron chi connectivity index (χ1n) is 8.75. The Balaban J connectivity index is 1.69. The van der Waals surface area contributed by atoms with E-state index in [4.69, 9.17) is 0 Å². The summed E-state index contributed by atoms with van der Waals surface area (Å²) in [5, 5.41) is 6.11. The van der Waals surface area contributed by atoms with Gasteiger partial charge >= 0.3 is 6.03 Å². The number of piperidine rings is 1.